The molecule has 106 valence electrons. The van der Waals surface area contributed by atoms with E-state index in [0.29, 0.717) is 23.8 Å². The Hall–Kier alpha value is -0.960. The van der Waals surface area contributed by atoms with Gasteiger partial charge in [-0.05, 0) is 48.6 Å². The summed E-state index contributed by atoms with van der Waals surface area (Å²) in [5, 5.41) is 0. The highest BCUT2D eigenvalue weighted by Crippen LogP contribution is 2.35. The lowest BCUT2D eigenvalue weighted by molar-refractivity contribution is 0.184. The van der Waals surface area contributed by atoms with Crippen LogP contribution in [0.5, 0.6) is 0 Å². The van der Waals surface area contributed by atoms with Gasteiger partial charge in [-0.15, -0.1) is 0 Å². The van der Waals surface area contributed by atoms with Crippen LogP contribution in [0, 0.1) is 29.4 Å². The summed E-state index contributed by atoms with van der Waals surface area (Å²) in [6.07, 6.45) is 3.81. The fraction of sp³-hybridized carbons (Fsp3) is 0.625. The summed E-state index contributed by atoms with van der Waals surface area (Å²) in [5.41, 5.74) is 6.62. The van der Waals surface area contributed by atoms with Crippen molar-refractivity contribution in [1.29, 1.82) is 0 Å². The molecule has 1 aliphatic carbocycles. The highest BCUT2D eigenvalue weighted by Gasteiger charge is 2.28. The average Bonchev–Trinajstić information content (AvgIpc) is 2.38. The van der Waals surface area contributed by atoms with E-state index in [1.807, 2.05) is 0 Å². The van der Waals surface area contributed by atoms with E-state index in [2.05, 4.69) is 13.8 Å². The van der Waals surface area contributed by atoms with Gasteiger partial charge in [0.25, 0.3) is 0 Å². The standard InChI is InChI=1S/C16H23F2N/c1-10-6-7-12(8-11(10)2)15(19)9-13-4-3-5-14(17)16(13)18/h3-5,10-12,15H,6-9,19H2,1-2H3. The van der Waals surface area contributed by atoms with E-state index in [-0.39, 0.29) is 6.04 Å². The second kappa shape index (κ2) is 6.00. The van der Waals surface area contributed by atoms with Crippen molar-refractivity contribution in [2.24, 2.45) is 23.5 Å². The first-order valence-electron chi connectivity index (χ1n) is 7.17. The van der Waals surface area contributed by atoms with Gasteiger partial charge in [0, 0.05) is 6.04 Å². The highest BCUT2D eigenvalue weighted by atomic mass is 19.2. The van der Waals surface area contributed by atoms with Crippen molar-refractivity contribution in [3.8, 4) is 0 Å². The summed E-state index contributed by atoms with van der Waals surface area (Å²) in [4.78, 5) is 0. The lowest BCUT2D eigenvalue weighted by Crippen LogP contribution is -2.37. The maximum absolute atomic E-state index is 13.6. The molecule has 0 saturated heterocycles. The quantitative estimate of drug-likeness (QED) is 0.883. The van der Waals surface area contributed by atoms with Crippen LogP contribution in [0.15, 0.2) is 18.2 Å². The molecule has 4 atom stereocenters. The Morgan fingerprint density at radius 3 is 2.63 bits per heavy atom. The van der Waals surface area contributed by atoms with Crippen molar-refractivity contribution < 1.29 is 8.78 Å². The van der Waals surface area contributed by atoms with Crippen molar-refractivity contribution in [3.05, 3.63) is 35.4 Å². The molecule has 0 bridgehead atoms. The summed E-state index contributed by atoms with van der Waals surface area (Å²) in [6, 6.07) is 4.25. The number of nitrogens with two attached hydrogens (primary N) is 1. The molecule has 2 N–H and O–H groups in total. The third-order valence-electron chi connectivity index (χ3n) is 4.73. The smallest absolute Gasteiger partial charge is 0.162 e. The van der Waals surface area contributed by atoms with Crippen LogP contribution in [0.4, 0.5) is 8.78 Å². The molecule has 2 rings (SSSR count). The Bertz CT molecular complexity index is 433. The molecule has 19 heavy (non-hydrogen) atoms. The van der Waals surface area contributed by atoms with Gasteiger partial charge in [-0.2, -0.15) is 0 Å². The van der Waals surface area contributed by atoms with E-state index in [1.165, 1.54) is 6.42 Å². The van der Waals surface area contributed by atoms with Crippen LogP contribution in [0.3, 0.4) is 0 Å². The molecule has 1 fully saturated rings. The van der Waals surface area contributed by atoms with Gasteiger partial charge in [0.15, 0.2) is 11.6 Å². The minimum absolute atomic E-state index is 0.0775. The molecule has 0 radical (unpaired) electrons. The van der Waals surface area contributed by atoms with Crippen molar-refractivity contribution >= 4 is 0 Å². The first kappa shape index (κ1) is 14.4. The van der Waals surface area contributed by atoms with Crippen LogP contribution in [0.25, 0.3) is 0 Å². The van der Waals surface area contributed by atoms with Crippen LogP contribution in [-0.4, -0.2) is 6.04 Å². The average molecular weight is 267 g/mol. The summed E-state index contributed by atoms with van der Waals surface area (Å²) in [5.74, 6) is 0.316. The molecule has 1 saturated carbocycles. The van der Waals surface area contributed by atoms with Gasteiger partial charge >= 0.3 is 0 Å². The summed E-state index contributed by atoms with van der Waals surface area (Å²) in [6.45, 7) is 4.53. The van der Waals surface area contributed by atoms with Crippen molar-refractivity contribution in [2.45, 2.75) is 45.6 Å². The Balaban J connectivity index is 2.01. The third kappa shape index (κ3) is 3.33. The molecule has 0 aromatic heterocycles. The Labute approximate surface area is 114 Å². The van der Waals surface area contributed by atoms with Gasteiger partial charge in [-0.25, -0.2) is 8.78 Å². The van der Waals surface area contributed by atoms with Crippen LogP contribution < -0.4 is 5.73 Å². The predicted molar refractivity (Wildman–Crippen MR) is 73.7 cm³/mol. The van der Waals surface area contributed by atoms with Gasteiger partial charge in [0.1, 0.15) is 0 Å². The fourth-order valence-corrected chi connectivity index (χ4v) is 3.10. The van der Waals surface area contributed by atoms with Crippen molar-refractivity contribution in [1.82, 2.24) is 0 Å². The van der Waals surface area contributed by atoms with Gasteiger partial charge in [0.05, 0.1) is 0 Å². The molecule has 0 heterocycles. The van der Waals surface area contributed by atoms with E-state index < -0.39 is 11.6 Å². The third-order valence-corrected chi connectivity index (χ3v) is 4.73. The molecule has 4 unspecified atom stereocenters. The molecular weight excluding hydrogens is 244 g/mol. The van der Waals surface area contributed by atoms with Gasteiger partial charge in [-0.1, -0.05) is 32.4 Å². The summed E-state index contributed by atoms with van der Waals surface area (Å²) < 4.78 is 26.8. The molecule has 1 aromatic carbocycles. The Morgan fingerprint density at radius 1 is 1.21 bits per heavy atom. The maximum Gasteiger partial charge on any atom is 0.162 e. The molecule has 1 aromatic rings. The summed E-state index contributed by atoms with van der Waals surface area (Å²) >= 11 is 0. The summed E-state index contributed by atoms with van der Waals surface area (Å²) in [7, 11) is 0. The molecule has 1 nitrogen and oxygen atoms in total. The minimum atomic E-state index is -0.782. The highest BCUT2D eigenvalue weighted by molar-refractivity contribution is 5.20. The predicted octanol–water partition coefficient (Wildman–Crippen LogP) is 3.91. The first-order valence-corrected chi connectivity index (χ1v) is 7.17. The second-order valence-electron chi connectivity index (χ2n) is 6.11. The Kier molecular flexibility index (Phi) is 4.56. The second-order valence-corrected chi connectivity index (χ2v) is 6.11. The van der Waals surface area contributed by atoms with Crippen LogP contribution in [0.1, 0.15) is 38.7 Å². The van der Waals surface area contributed by atoms with E-state index in [4.69, 9.17) is 5.73 Å². The minimum Gasteiger partial charge on any atom is -0.327 e. The normalized spacial score (nSPS) is 29.2. The molecule has 1 aliphatic rings. The lowest BCUT2D eigenvalue weighted by Gasteiger charge is -2.35. The van der Waals surface area contributed by atoms with Crippen LogP contribution >= 0.6 is 0 Å². The van der Waals surface area contributed by atoms with E-state index >= 15 is 0 Å². The number of hydrogen-bond donors (Lipinski definition) is 1. The number of rotatable bonds is 3. The van der Waals surface area contributed by atoms with Gasteiger partial charge < -0.3 is 5.73 Å². The molecular formula is C16H23F2N. The van der Waals surface area contributed by atoms with Gasteiger partial charge in [0.2, 0.25) is 0 Å². The zero-order chi connectivity index (χ0) is 14.0. The fourth-order valence-electron chi connectivity index (χ4n) is 3.10. The SMILES string of the molecule is CC1CCC(C(N)Cc2cccc(F)c2F)CC1C. The van der Waals surface area contributed by atoms with Crippen molar-refractivity contribution in [3.63, 3.8) is 0 Å². The molecule has 0 amide bonds. The Morgan fingerprint density at radius 2 is 1.95 bits per heavy atom. The zero-order valence-electron chi connectivity index (χ0n) is 11.7. The largest absolute Gasteiger partial charge is 0.327 e. The van der Waals surface area contributed by atoms with E-state index in [0.717, 1.165) is 24.8 Å². The number of hydrogen-bond acceptors (Lipinski definition) is 1. The lowest BCUT2D eigenvalue weighted by atomic mass is 9.72. The maximum atomic E-state index is 13.6. The van der Waals surface area contributed by atoms with Crippen molar-refractivity contribution in [2.75, 3.05) is 0 Å². The zero-order valence-corrected chi connectivity index (χ0v) is 11.7. The monoisotopic (exact) mass is 267 g/mol. The molecule has 3 heteroatoms. The van der Waals surface area contributed by atoms with Crippen LogP contribution in [-0.2, 0) is 6.42 Å². The topological polar surface area (TPSA) is 26.0 Å². The van der Waals surface area contributed by atoms with Gasteiger partial charge in [-0.3, -0.25) is 0 Å². The molecule has 0 spiro atoms. The van der Waals surface area contributed by atoms with E-state index in [9.17, 15) is 8.78 Å². The van der Waals surface area contributed by atoms with E-state index in [1.54, 1.807) is 12.1 Å². The molecule has 0 aliphatic heterocycles. The number of benzene rings is 1. The first-order chi connectivity index (χ1) is 8.99. The number of halogens is 2. The van der Waals surface area contributed by atoms with Crippen LogP contribution in [0.2, 0.25) is 0 Å².